The minimum atomic E-state index is -0.275. The number of ether oxygens (including phenoxy) is 1. The molecule has 2 aliphatic rings. The van der Waals surface area contributed by atoms with Crippen molar-refractivity contribution in [3.8, 4) is 0 Å². The van der Waals surface area contributed by atoms with Crippen molar-refractivity contribution in [1.82, 2.24) is 20.3 Å². The highest BCUT2D eigenvalue weighted by Gasteiger charge is 2.28. The molecule has 1 aromatic carbocycles. The normalized spacial score (nSPS) is 21.0. The van der Waals surface area contributed by atoms with Crippen LogP contribution in [0.15, 0.2) is 24.3 Å². The fraction of sp³-hybridized carbons (Fsp3) is 0.526. The van der Waals surface area contributed by atoms with Gasteiger partial charge in [0.25, 0.3) is 5.91 Å². The lowest BCUT2D eigenvalue weighted by Crippen LogP contribution is -2.35. The van der Waals surface area contributed by atoms with Gasteiger partial charge in [-0.15, -0.1) is 5.10 Å². The van der Waals surface area contributed by atoms with E-state index in [2.05, 4.69) is 15.6 Å². The second-order valence-corrected chi connectivity index (χ2v) is 7.08. The average Bonchev–Trinajstić information content (AvgIpc) is 2.91. The Morgan fingerprint density at radius 3 is 2.62 bits per heavy atom. The maximum atomic E-state index is 13.1. The number of carbonyl (C=O) groups is 1. The third-order valence-corrected chi connectivity index (χ3v) is 5.24. The van der Waals surface area contributed by atoms with Crippen LogP contribution in [0, 0.1) is 5.82 Å². The summed E-state index contributed by atoms with van der Waals surface area (Å²) in [6.07, 6.45) is 6.64. The van der Waals surface area contributed by atoms with Crippen LogP contribution in [0.25, 0.3) is 0 Å². The first-order chi connectivity index (χ1) is 12.7. The quantitative estimate of drug-likeness (QED) is 0.856. The van der Waals surface area contributed by atoms with Gasteiger partial charge in [0.2, 0.25) is 0 Å². The predicted octanol–water partition coefficient (Wildman–Crippen LogP) is 3.14. The highest BCUT2D eigenvalue weighted by molar-refractivity contribution is 5.93. The first kappa shape index (κ1) is 17.1. The van der Waals surface area contributed by atoms with Crippen molar-refractivity contribution in [3.63, 3.8) is 0 Å². The molecular weight excluding hydrogens is 335 g/mol. The van der Waals surface area contributed by atoms with E-state index in [9.17, 15) is 9.18 Å². The van der Waals surface area contributed by atoms with Crippen molar-refractivity contribution < 1.29 is 13.9 Å². The molecule has 2 heterocycles. The van der Waals surface area contributed by atoms with E-state index in [-0.39, 0.29) is 30.5 Å². The molecule has 4 rings (SSSR count). The number of amides is 1. The average molecular weight is 358 g/mol. The minimum absolute atomic E-state index is 0.165. The van der Waals surface area contributed by atoms with Crippen LogP contribution in [0.1, 0.15) is 66.4 Å². The SMILES string of the molecule is O=C(NC1CCCCCC1)c1nnn2c1CO[C@@H](c1ccc(F)cc1)C2. The van der Waals surface area contributed by atoms with Gasteiger partial charge in [-0.1, -0.05) is 43.0 Å². The zero-order valence-corrected chi connectivity index (χ0v) is 14.7. The molecule has 1 aliphatic carbocycles. The van der Waals surface area contributed by atoms with Gasteiger partial charge in [-0.25, -0.2) is 9.07 Å². The monoisotopic (exact) mass is 358 g/mol. The molecule has 138 valence electrons. The second kappa shape index (κ2) is 7.53. The Morgan fingerprint density at radius 1 is 1.15 bits per heavy atom. The standard InChI is InChI=1S/C19H23FN4O2/c20-14-9-7-13(8-10-14)17-11-24-16(12-26-17)18(22-23-24)19(25)21-15-5-3-1-2-4-6-15/h7-10,15,17H,1-6,11-12H2,(H,21,25)/t17-/m1/s1. The Bertz CT molecular complexity index is 766. The molecule has 0 spiro atoms. The van der Waals surface area contributed by atoms with Gasteiger partial charge in [0.15, 0.2) is 5.69 Å². The van der Waals surface area contributed by atoms with Crippen LogP contribution in [0.4, 0.5) is 4.39 Å². The highest BCUT2D eigenvalue weighted by atomic mass is 19.1. The van der Waals surface area contributed by atoms with Crippen molar-refractivity contribution in [2.75, 3.05) is 0 Å². The third-order valence-electron chi connectivity index (χ3n) is 5.24. The van der Waals surface area contributed by atoms with Gasteiger partial charge in [0, 0.05) is 6.04 Å². The summed E-state index contributed by atoms with van der Waals surface area (Å²) in [6, 6.07) is 6.48. The molecule has 1 amide bonds. The molecule has 0 radical (unpaired) electrons. The number of carbonyl (C=O) groups excluding carboxylic acids is 1. The number of nitrogens with zero attached hydrogens (tertiary/aromatic N) is 3. The largest absolute Gasteiger partial charge is 0.365 e. The molecule has 26 heavy (non-hydrogen) atoms. The van der Waals surface area contributed by atoms with E-state index in [4.69, 9.17) is 4.74 Å². The maximum Gasteiger partial charge on any atom is 0.274 e. The molecule has 1 N–H and O–H groups in total. The number of halogens is 1. The van der Waals surface area contributed by atoms with E-state index in [1.165, 1.54) is 25.0 Å². The highest BCUT2D eigenvalue weighted by Crippen LogP contribution is 2.27. The lowest BCUT2D eigenvalue weighted by Gasteiger charge is -2.24. The number of benzene rings is 1. The van der Waals surface area contributed by atoms with Crippen LogP contribution in [-0.4, -0.2) is 26.9 Å². The summed E-state index contributed by atoms with van der Waals surface area (Å²) in [5.74, 6) is -0.439. The van der Waals surface area contributed by atoms with Crippen molar-refractivity contribution in [2.45, 2.75) is 63.8 Å². The summed E-state index contributed by atoms with van der Waals surface area (Å²) in [5, 5.41) is 11.3. The zero-order valence-electron chi connectivity index (χ0n) is 14.7. The van der Waals surface area contributed by atoms with E-state index in [0.29, 0.717) is 17.9 Å². The topological polar surface area (TPSA) is 69.0 Å². The van der Waals surface area contributed by atoms with E-state index in [1.807, 2.05) is 0 Å². The lowest BCUT2D eigenvalue weighted by atomic mass is 10.1. The molecule has 0 saturated heterocycles. The van der Waals surface area contributed by atoms with Crippen LogP contribution in [0.2, 0.25) is 0 Å². The molecular formula is C19H23FN4O2. The Kier molecular flexibility index (Phi) is 4.97. The minimum Gasteiger partial charge on any atom is -0.365 e. The summed E-state index contributed by atoms with van der Waals surface area (Å²) in [6.45, 7) is 0.729. The van der Waals surface area contributed by atoms with E-state index in [0.717, 1.165) is 31.2 Å². The molecule has 6 nitrogen and oxygen atoms in total. The van der Waals surface area contributed by atoms with Crippen LogP contribution >= 0.6 is 0 Å². The van der Waals surface area contributed by atoms with Gasteiger partial charge in [-0.3, -0.25) is 4.79 Å². The zero-order chi connectivity index (χ0) is 17.9. The summed E-state index contributed by atoms with van der Waals surface area (Å²) < 4.78 is 20.7. The Labute approximate surface area is 151 Å². The van der Waals surface area contributed by atoms with Crippen molar-refractivity contribution in [3.05, 3.63) is 47.0 Å². The van der Waals surface area contributed by atoms with Crippen LogP contribution in [0.3, 0.4) is 0 Å². The lowest BCUT2D eigenvalue weighted by molar-refractivity contribution is -0.00181. The van der Waals surface area contributed by atoms with Gasteiger partial charge in [0.05, 0.1) is 18.8 Å². The first-order valence-electron chi connectivity index (χ1n) is 9.31. The Balaban J connectivity index is 1.45. The van der Waals surface area contributed by atoms with E-state index in [1.54, 1.807) is 16.8 Å². The Hall–Kier alpha value is -2.28. The number of rotatable bonds is 3. The molecule has 0 unspecified atom stereocenters. The number of fused-ring (bicyclic) bond motifs is 1. The molecule has 2 aromatic rings. The van der Waals surface area contributed by atoms with Crippen molar-refractivity contribution in [1.29, 1.82) is 0 Å². The third kappa shape index (κ3) is 3.62. The Morgan fingerprint density at radius 2 is 1.88 bits per heavy atom. The maximum absolute atomic E-state index is 13.1. The van der Waals surface area contributed by atoms with Crippen LogP contribution in [0.5, 0.6) is 0 Å². The smallest absolute Gasteiger partial charge is 0.274 e. The molecule has 1 fully saturated rings. The van der Waals surface area contributed by atoms with Gasteiger partial charge in [-0.05, 0) is 30.5 Å². The number of aromatic nitrogens is 3. The molecule has 1 atom stereocenters. The molecule has 0 bridgehead atoms. The summed E-state index contributed by atoms with van der Waals surface area (Å²) >= 11 is 0. The summed E-state index contributed by atoms with van der Waals surface area (Å²) in [7, 11) is 0. The van der Waals surface area contributed by atoms with Crippen molar-refractivity contribution >= 4 is 5.91 Å². The fourth-order valence-electron chi connectivity index (χ4n) is 3.74. The van der Waals surface area contributed by atoms with Gasteiger partial charge in [0.1, 0.15) is 11.9 Å². The number of hydrogen-bond acceptors (Lipinski definition) is 4. The summed E-state index contributed by atoms with van der Waals surface area (Å²) in [5.41, 5.74) is 1.94. The second-order valence-electron chi connectivity index (χ2n) is 7.08. The van der Waals surface area contributed by atoms with E-state index < -0.39 is 0 Å². The van der Waals surface area contributed by atoms with Crippen molar-refractivity contribution in [2.24, 2.45) is 0 Å². The molecule has 1 aromatic heterocycles. The molecule has 1 aliphatic heterocycles. The molecule has 7 heteroatoms. The van der Waals surface area contributed by atoms with E-state index >= 15 is 0 Å². The van der Waals surface area contributed by atoms with Crippen LogP contribution in [-0.2, 0) is 17.9 Å². The number of hydrogen-bond donors (Lipinski definition) is 1. The fourth-order valence-corrected chi connectivity index (χ4v) is 3.74. The van der Waals surface area contributed by atoms with Gasteiger partial charge >= 0.3 is 0 Å². The first-order valence-corrected chi connectivity index (χ1v) is 9.31. The molecule has 1 saturated carbocycles. The predicted molar refractivity (Wildman–Crippen MR) is 92.9 cm³/mol. The van der Waals surface area contributed by atoms with Gasteiger partial charge < -0.3 is 10.1 Å². The van der Waals surface area contributed by atoms with Gasteiger partial charge in [-0.2, -0.15) is 0 Å². The number of nitrogens with one attached hydrogen (secondary N) is 1. The van der Waals surface area contributed by atoms with Crippen LogP contribution < -0.4 is 5.32 Å². The summed E-state index contributed by atoms with van der Waals surface area (Å²) in [4.78, 5) is 12.6.